The maximum absolute atomic E-state index is 13.6. The molecule has 3 aromatic rings. The molecule has 27 heavy (non-hydrogen) atoms. The second kappa shape index (κ2) is 6.77. The minimum absolute atomic E-state index is 0.110. The van der Waals surface area contributed by atoms with Crippen LogP contribution >= 0.6 is 11.3 Å². The van der Waals surface area contributed by atoms with Crippen LogP contribution in [-0.4, -0.2) is 19.9 Å². The molecule has 0 fully saturated rings. The van der Waals surface area contributed by atoms with Crippen LogP contribution in [0.1, 0.15) is 35.9 Å². The number of sulfonamides is 1. The fourth-order valence-electron chi connectivity index (χ4n) is 3.57. The Morgan fingerprint density at radius 2 is 1.93 bits per heavy atom. The van der Waals surface area contributed by atoms with Gasteiger partial charge >= 0.3 is 0 Å². The number of fused-ring (bicyclic) bond motifs is 1. The fourth-order valence-corrected chi connectivity index (χ4v) is 6.07. The van der Waals surface area contributed by atoms with Gasteiger partial charge in [0, 0.05) is 17.5 Å². The molecular formula is C21H22N2O2S2. The van der Waals surface area contributed by atoms with E-state index < -0.39 is 10.0 Å². The summed E-state index contributed by atoms with van der Waals surface area (Å²) in [5.74, 6) is 0.110. The minimum atomic E-state index is -3.64. The molecule has 1 aromatic heterocycles. The molecule has 4 rings (SSSR count). The predicted octanol–water partition coefficient (Wildman–Crippen LogP) is 4.99. The largest absolute Gasteiger partial charge is 0.266 e. The average Bonchev–Trinajstić information content (AvgIpc) is 3.27. The highest BCUT2D eigenvalue weighted by Gasteiger charge is 2.33. The van der Waals surface area contributed by atoms with Crippen molar-refractivity contribution in [1.82, 2.24) is 4.98 Å². The monoisotopic (exact) mass is 398 g/mol. The summed E-state index contributed by atoms with van der Waals surface area (Å²) in [7, 11) is -3.64. The van der Waals surface area contributed by atoms with Gasteiger partial charge in [0.05, 0.1) is 21.3 Å². The molecule has 0 radical (unpaired) electrons. The summed E-state index contributed by atoms with van der Waals surface area (Å²) in [4.78, 5) is 4.91. The van der Waals surface area contributed by atoms with Gasteiger partial charge in [0.25, 0.3) is 10.0 Å². The summed E-state index contributed by atoms with van der Waals surface area (Å²) < 4.78 is 28.8. The molecule has 0 bridgehead atoms. The third-order valence-electron chi connectivity index (χ3n) is 4.96. The number of para-hydroxylation sites is 1. The number of hydrogen-bond donors (Lipinski definition) is 0. The molecule has 0 spiro atoms. The van der Waals surface area contributed by atoms with Crippen LogP contribution in [0.4, 0.5) is 5.69 Å². The van der Waals surface area contributed by atoms with E-state index in [1.807, 2.05) is 62.5 Å². The van der Waals surface area contributed by atoms with Crippen molar-refractivity contribution in [2.45, 2.75) is 38.0 Å². The summed E-state index contributed by atoms with van der Waals surface area (Å²) in [5, 5.41) is 2.94. The quantitative estimate of drug-likeness (QED) is 0.622. The predicted molar refractivity (Wildman–Crippen MR) is 111 cm³/mol. The van der Waals surface area contributed by atoms with Gasteiger partial charge in [-0.05, 0) is 42.5 Å². The lowest BCUT2D eigenvalue weighted by atomic mass is 10.0. The van der Waals surface area contributed by atoms with Gasteiger partial charge in [0.1, 0.15) is 0 Å². The van der Waals surface area contributed by atoms with E-state index in [9.17, 15) is 8.42 Å². The Balaban J connectivity index is 1.86. The smallest absolute Gasteiger partial charge is 0.264 e. The van der Waals surface area contributed by atoms with Crippen LogP contribution in [0.2, 0.25) is 0 Å². The molecule has 0 amide bonds. The van der Waals surface area contributed by atoms with E-state index in [2.05, 4.69) is 4.98 Å². The van der Waals surface area contributed by atoms with E-state index in [1.54, 1.807) is 21.7 Å². The topological polar surface area (TPSA) is 50.3 Å². The van der Waals surface area contributed by atoms with E-state index in [0.717, 1.165) is 39.5 Å². The van der Waals surface area contributed by atoms with Gasteiger partial charge in [0.15, 0.2) is 0 Å². The number of nitrogens with zero attached hydrogens (tertiary/aromatic N) is 2. The van der Waals surface area contributed by atoms with Crippen molar-refractivity contribution in [3.63, 3.8) is 0 Å². The van der Waals surface area contributed by atoms with E-state index in [-0.39, 0.29) is 5.92 Å². The van der Waals surface area contributed by atoms with E-state index in [1.165, 1.54) is 0 Å². The Morgan fingerprint density at radius 3 is 2.63 bits per heavy atom. The van der Waals surface area contributed by atoms with Crippen LogP contribution in [0.5, 0.6) is 0 Å². The summed E-state index contributed by atoms with van der Waals surface area (Å²) >= 11 is 1.57. The number of hydrogen-bond acceptors (Lipinski definition) is 4. The third-order valence-corrected chi connectivity index (χ3v) is 7.61. The molecule has 0 saturated carbocycles. The second-order valence-electron chi connectivity index (χ2n) is 7.11. The molecule has 1 aliphatic rings. The lowest BCUT2D eigenvalue weighted by Gasteiger charge is -2.23. The van der Waals surface area contributed by atoms with Crippen LogP contribution in [0.25, 0.3) is 11.3 Å². The Bertz CT molecular complexity index is 1100. The highest BCUT2D eigenvalue weighted by molar-refractivity contribution is 7.93. The van der Waals surface area contributed by atoms with Crippen molar-refractivity contribution in [1.29, 1.82) is 0 Å². The summed E-state index contributed by atoms with van der Waals surface area (Å²) in [6.45, 7) is 6.49. The Morgan fingerprint density at radius 1 is 1.15 bits per heavy atom. The Labute approximate surface area is 164 Å². The zero-order valence-corrected chi connectivity index (χ0v) is 17.3. The number of aryl methyl sites for hydroxylation is 1. The van der Waals surface area contributed by atoms with Crippen LogP contribution in [-0.2, 0) is 16.4 Å². The van der Waals surface area contributed by atoms with Crippen LogP contribution in [0, 0.1) is 6.92 Å². The van der Waals surface area contributed by atoms with Crippen molar-refractivity contribution in [3.8, 4) is 11.3 Å². The number of rotatable bonds is 4. The summed E-state index contributed by atoms with van der Waals surface area (Å²) in [6, 6.07) is 13.4. The van der Waals surface area contributed by atoms with Crippen LogP contribution in [0.15, 0.2) is 52.7 Å². The van der Waals surface area contributed by atoms with Crippen LogP contribution in [0.3, 0.4) is 0 Å². The average molecular weight is 399 g/mol. The van der Waals surface area contributed by atoms with Crippen molar-refractivity contribution < 1.29 is 8.42 Å². The van der Waals surface area contributed by atoms with E-state index in [4.69, 9.17) is 0 Å². The lowest BCUT2D eigenvalue weighted by Crippen LogP contribution is -2.30. The lowest BCUT2D eigenvalue weighted by molar-refractivity contribution is 0.590. The first-order valence-electron chi connectivity index (χ1n) is 9.05. The first kappa shape index (κ1) is 18.2. The normalized spacial score (nSPS) is 14.0. The molecular weight excluding hydrogens is 376 g/mol. The number of anilines is 1. The molecule has 0 aliphatic carbocycles. The molecule has 2 heterocycles. The fraction of sp³-hybridized carbons (Fsp3) is 0.286. The first-order chi connectivity index (χ1) is 12.9. The van der Waals surface area contributed by atoms with Gasteiger partial charge in [-0.2, -0.15) is 0 Å². The molecule has 140 valence electrons. The molecule has 0 atom stereocenters. The van der Waals surface area contributed by atoms with Gasteiger partial charge in [0.2, 0.25) is 0 Å². The van der Waals surface area contributed by atoms with E-state index >= 15 is 0 Å². The standard InChI is InChI=1S/C21H22N2O2S2/c1-14(2)18-9-8-17(19-13-26-15(3)22-19)12-21(18)27(24,25)23-11-10-16-6-4-5-7-20(16)23/h4-9,12-14H,10-11H2,1-3H3. The Kier molecular flexibility index (Phi) is 4.56. The SMILES string of the molecule is Cc1nc(-c2ccc(C(C)C)c(S(=O)(=O)N3CCc4ccccc43)c2)cs1. The van der Waals surface area contributed by atoms with Crippen molar-refractivity contribution >= 4 is 27.0 Å². The second-order valence-corrected chi connectivity index (χ2v) is 10.0. The van der Waals surface area contributed by atoms with Gasteiger partial charge in [-0.1, -0.05) is 44.2 Å². The molecule has 2 aromatic carbocycles. The van der Waals surface area contributed by atoms with Crippen LogP contribution < -0.4 is 4.31 Å². The molecule has 4 nitrogen and oxygen atoms in total. The third kappa shape index (κ3) is 3.17. The molecule has 0 saturated heterocycles. The maximum Gasteiger partial charge on any atom is 0.264 e. The van der Waals surface area contributed by atoms with E-state index in [0.29, 0.717) is 11.4 Å². The highest BCUT2D eigenvalue weighted by Crippen LogP contribution is 2.37. The van der Waals surface area contributed by atoms with Gasteiger partial charge in [-0.25, -0.2) is 13.4 Å². The first-order valence-corrected chi connectivity index (χ1v) is 11.4. The van der Waals surface area contributed by atoms with Crippen molar-refractivity contribution in [2.24, 2.45) is 0 Å². The molecule has 0 N–H and O–H groups in total. The van der Waals surface area contributed by atoms with Gasteiger partial charge < -0.3 is 0 Å². The zero-order chi connectivity index (χ0) is 19.2. The van der Waals surface area contributed by atoms with Crippen molar-refractivity contribution in [3.05, 3.63) is 64.0 Å². The molecule has 6 heteroatoms. The Hall–Kier alpha value is -2.18. The van der Waals surface area contributed by atoms with Gasteiger partial charge in [-0.15, -0.1) is 11.3 Å². The number of aromatic nitrogens is 1. The van der Waals surface area contributed by atoms with Crippen molar-refractivity contribution in [2.75, 3.05) is 10.8 Å². The molecule has 1 aliphatic heterocycles. The number of benzene rings is 2. The summed E-state index contributed by atoms with van der Waals surface area (Å²) in [5.41, 5.74) is 4.39. The zero-order valence-electron chi connectivity index (χ0n) is 15.6. The summed E-state index contributed by atoms with van der Waals surface area (Å²) in [6.07, 6.45) is 0.747. The molecule has 0 unspecified atom stereocenters. The maximum atomic E-state index is 13.6. The number of thiazole rings is 1. The van der Waals surface area contributed by atoms with Gasteiger partial charge in [-0.3, -0.25) is 4.31 Å². The highest BCUT2D eigenvalue weighted by atomic mass is 32.2. The minimum Gasteiger partial charge on any atom is -0.266 e.